The third kappa shape index (κ3) is 1.09. The molecule has 3 aliphatic carbocycles. The van der Waals surface area contributed by atoms with Crippen LogP contribution in [0.4, 0.5) is 0 Å². The van der Waals surface area contributed by atoms with E-state index in [1.54, 1.807) is 6.21 Å². The summed E-state index contributed by atoms with van der Waals surface area (Å²) in [6, 6.07) is 0. The Morgan fingerprint density at radius 2 is 2.36 bits per heavy atom. The number of hydrogen-bond acceptors (Lipinski definition) is 2. The number of nitrogens with zero attached hydrogens (tertiary/aromatic N) is 1. The van der Waals surface area contributed by atoms with Gasteiger partial charge in [-0.15, -0.1) is 0 Å². The highest BCUT2D eigenvalue weighted by Crippen LogP contribution is 2.34. The van der Waals surface area contributed by atoms with E-state index in [0.29, 0.717) is 11.8 Å². The Morgan fingerprint density at radius 1 is 1.45 bits per heavy atom. The molecule has 2 atom stereocenters. The number of hydrogen-bond donors (Lipinski definition) is 1. The molecule has 0 aromatic rings. The fourth-order valence-electron chi connectivity index (χ4n) is 1.83. The zero-order valence-corrected chi connectivity index (χ0v) is 6.27. The van der Waals surface area contributed by atoms with Gasteiger partial charge in [0, 0.05) is 5.92 Å². The van der Waals surface area contributed by atoms with Gasteiger partial charge in [-0.3, -0.25) is 0 Å². The summed E-state index contributed by atoms with van der Waals surface area (Å²) in [6.07, 6.45) is 10.7. The van der Waals surface area contributed by atoms with Crippen LogP contribution in [-0.4, -0.2) is 11.4 Å². The first kappa shape index (κ1) is 6.65. The first-order chi connectivity index (χ1) is 5.40. The normalized spacial score (nSPS) is 34.7. The minimum absolute atomic E-state index is 0.510. The van der Waals surface area contributed by atoms with Crippen molar-refractivity contribution in [3.8, 4) is 0 Å². The lowest BCUT2D eigenvalue weighted by atomic mass is 9.77. The second-order valence-corrected chi connectivity index (χ2v) is 3.14. The number of fused-ring (bicyclic) bond motifs is 1. The summed E-state index contributed by atoms with van der Waals surface area (Å²) in [5, 5.41) is 11.4. The van der Waals surface area contributed by atoms with E-state index in [1.807, 2.05) is 0 Å². The molecule has 2 bridgehead atoms. The standard InChI is InChI=1S/C9H11NO/c11-10-6-9-5-7-1-3-8(9)4-2-7/h1,3,5-8,11H,2,4H2/b10-6+. The summed E-state index contributed by atoms with van der Waals surface area (Å²) in [7, 11) is 0. The summed E-state index contributed by atoms with van der Waals surface area (Å²) in [6.45, 7) is 0. The Morgan fingerprint density at radius 3 is 2.82 bits per heavy atom. The molecule has 2 heteroatoms. The number of allylic oxidation sites excluding steroid dienone is 4. The van der Waals surface area contributed by atoms with Crippen LogP contribution < -0.4 is 0 Å². The molecule has 2 unspecified atom stereocenters. The predicted octanol–water partition coefficient (Wildman–Crippen LogP) is 1.97. The Labute approximate surface area is 65.9 Å². The molecule has 0 aromatic carbocycles. The quantitative estimate of drug-likeness (QED) is 0.263. The van der Waals surface area contributed by atoms with Gasteiger partial charge in [-0.2, -0.15) is 0 Å². The number of rotatable bonds is 1. The van der Waals surface area contributed by atoms with E-state index >= 15 is 0 Å². The average Bonchev–Trinajstić information content (AvgIpc) is 2.07. The molecule has 58 valence electrons. The lowest BCUT2D eigenvalue weighted by Gasteiger charge is -2.28. The molecule has 0 fully saturated rings. The lowest BCUT2D eigenvalue weighted by Crippen LogP contribution is -2.17. The van der Waals surface area contributed by atoms with E-state index in [9.17, 15) is 0 Å². The highest BCUT2D eigenvalue weighted by atomic mass is 16.4. The molecule has 2 nitrogen and oxygen atoms in total. The Balaban J connectivity index is 2.24. The van der Waals surface area contributed by atoms with Gasteiger partial charge in [0.1, 0.15) is 0 Å². The fourth-order valence-corrected chi connectivity index (χ4v) is 1.83. The maximum absolute atomic E-state index is 8.35. The van der Waals surface area contributed by atoms with Crippen molar-refractivity contribution in [1.29, 1.82) is 0 Å². The largest absolute Gasteiger partial charge is 0.411 e. The van der Waals surface area contributed by atoms with Crippen molar-refractivity contribution >= 4 is 6.21 Å². The van der Waals surface area contributed by atoms with E-state index in [4.69, 9.17) is 5.21 Å². The Kier molecular flexibility index (Phi) is 1.53. The molecule has 0 spiro atoms. The number of oxime groups is 1. The molecular weight excluding hydrogens is 138 g/mol. The van der Waals surface area contributed by atoms with Crippen LogP contribution >= 0.6 is 0 Å². The van der Waals surface area contributed by atoms with Crippen molar-refractivity contribution in [2.24, 2.45) is 17.0 Å². The van der Waals surface area contributed by atoms with Gasteiger partial charge < -0.3 is 5.21 Å². The molecule has 0 heterocycles. The minimum Gasteiger partial charge on any atom is -0.411 e. The second-order valence-electron chi connectivity index (χ2n) is 3.14. The topological polar surface area (TPSA) is 32.6 Å². The van der Waals surface area contributed by atoms with Crippen LogP contribution in [0.5, 0.6) is 0 Å². The van der Waals surface area contributed by atoms with Gasteiger partial charge in [0.2, 0.25) is 0 Å². The summed E-state index contributed by atoms with van der Waals surface area (Å²) >= 11 is 0. The summed E-state index contributed by atoms with van der Waals surface area (Å²) in [4.78, 5) is 0. The smallest absolute Gasteiger partial charge is 0.0696 e. The molecule has 3 rings (SSSR count). The average molecular weight is 149 g/mol. The molecule has 0 aliphatic heterocycles. The molecule has 1 N–H and O–H groups in total. The molecule has 3 aliphatic rings. The van der Waals surface area contributed by atoms with Gasteiger partial charge in [0.25, 0.3) is 0 Å². The van der Waals surface area contributed by atoms with Crippen molar-refractivity contribution in [2.75, 3.05) is 0 Å². The van der Waals surface area contributed by atoms with Crippen LogP contribution in [0.1, 0.15) is 12.8 Å². The predicted molar refractivity (Wildman–Crippen MR) is 43.7 cm³/mol. The third-order valence-electron chi connectivity index (χ3n) is 2.44. The van der Waals surface area contributed by atoms with Gasteiger partial charge in [0.05, 0.1) is 6.21 Å². The SMILES string of the molecule is O/N=C/C1=CC2C=CC1CC2. The van der Waals surface area contributed by atoms with Gasteiger partial charge in [-0.25, -0.2) is 0 Å². The maximum Gasteiger partial charge on any atom is 0.0696 e. The zero-order chi connectivity index (χ0) is 7.68. The first-order valence-corrected chi connectivity index (χ1v) is 3.97. The van der Waals surface area contributed by atoms with Crippen LogP contribution in [0.25, 0.3) is 0 Å². The second kappa shape index (κ2) is 2.53. The van der Waals surface area contributed by atoms with Crippen LogP contribution in [0.2, 0.25) is 0 Å². The van der Waals surface area contributed by atoms with Crippen LogP contribution in [-0.2, 0) is 0 Å². The van der Waals surface area contributed by atoms with Gasteiger partial charge in [-0.05, 0) is 24.3 Å². The highest BCUT2D eigenvalue weighted by molar-refractivity contribution is 5.80. The lowest BCUT2D eigenvalue weighted by molar-refractivity contribution is 0.321. The van der Waals surface area contributed by atoms with Crippen molar-refractivity contribution in [1.82, 2.24) is 0 Å². The van der Waals surface area contributed by atoms with Crippen LogP contribution in [0.15, 0.2) is 29.0 Å². The summed E-state index contributed by atoms with van der Waals surface area (Å²) < 4.78 is 0. The molecular formula is C9H11NO. The van der Waals surface area contributed by atoms with Gasteiger partial charge in [0.15, 0.2) is 0 Å². The fraction of sp³-hybridized carbons (Fsp3) is 0.444. The molecule has 11 heavy (non-hydrogen) atoms. The molecule has 0 amide bonds. The van der Waals surface area contributed by atoms with E-state index in [-0.39, 0.29) is 0 Å². The summed E-state index contributed by atoms with van der Waals surface area (Å²) in [5.41, 5.74) is 1.17. The van der Waals surface area contributed by atoms with E-state index in [0.717, 1.165) is 0 Å². The van der Waals surface area contributed by atoms with Gasteiger partial charge in [-0.1, -0.05) is 23.4 Å². The van der Waals surface area contributed by atoms with E-state index in [2.05, 4.69) is 23.4 Å². The Bertz CT molecular complexity index is 240. The third-order valence-corrected chi connectivity index (χ3v) is 2.44. The van der Waals surface area contributed by atoms with Crippen LogP contribution in [0, 0.1) is 11.8 Å². The molecule has 0 aromatic heterocycles. The summed E-state index contributed by atoms with van der Waals surface area (Å²) in [5.74, 6) is 1.10. The minimum atomic E-state index is 0.510. The van der Waals surface area contributed by atoms with Crippen molar-refractivity contribution in [2.45, 2.75) is 12.8 Å². The van der Waals surface area contributed by atoms with Crippen molar-refractivity contribution in [3.05, 3.63) is 23.8 Å². The Hall–Kier alpha value is -1.05. The monoisotopic (exact) mass is 149 g/mol. The van der Waals surface area contributed by atoms with Crippen LogP contribution in [0.3, 0.4) is 0 Å². The van der Waals surface area contributed by atoms with E-state index in [1.165, 1.54) is 18.4 Å². The highest BCUT2D eigenvalue weighted by Gasteiger charge is 2.22. The van der Waals surface area contributed by atoms with Gasteiger partial charge >= 0.3 is 0 Å². The van der Waals surface area contributed by atoms with Crippen molar-refractivity contribution < 1.29 is 5.21 Å². The molecule has 0 saturated carbocycles. The molecule has 0 radical (unpaired) electrons. The molecule has 0 saturated heterocycles. The first-order valence-electron chi connectivity index (χ1n) is 3.97. The zero-order valence-electron chi connectivity index (χ0n) is 6.27. The maximum atomic E-state index is 8.35. The van der Waals surface area contributed by atoms with Crippen molar-refractivity contribution in [3.63, 3.8) is 0 Å². The van der Waals surface area contributed by atoms with E-state index < -0.39 is 0 Å².